The summed E-state index contributed by atoms with van der Waals surface area (Å²) in [5, 5.41) is 0. The molecule has 7 heteroatoms. The average molecular weight is 402 g/mol. The largest absolute Gasteiger partial charge is 0.491 e. The second-order valence-corrected chi connectivity index (χ2v) is 8.12. The lowest BCUT2D eigenvalue weighted by molar-refractivity contribution is -0.132. The summed E-state index contributed by atoms with van der Waals surface area (Å²) < 4.78 is 16.7. The Labute approximate surface area is 171 Å². The highest BCUT2D eigenvalue weighted by atomic mass is 16.6. The number of ether oxygens (including phenoxy) is 3. The molecule has 2 heterocycles. The molecule has 7 nitrogen and oxygen atoms in total. The number of methoxy groups -OCH3 is 1. The third kappa shape index (κ3) is 4.50. The Morgan fingerprint density at radius 3 is 2.69 bits per heavy atom. The van der Waals surface area contributed by atoms with Gasteiger partial charge in [-0.2, -0.15) is 0 Å². The monoisotopic (exact) mass is 402 g/mol. The number of benzene rings is 1. The molecule has 4 rings (SSSR count). The van der Waals surface area contributed by atoms with Crippen LogP contribution in [0.5, 0.6) is 5.75 Å². The molecule has 1 saturated heterocycles. The van der Waals surface area contributed by atoms with E-state index < -0.39 is 6.09 Å². The molecule has 158 valence electrons. The van der Waals surface area contributed by atoms with Crippen LogP contribution in [0.3, 0.4) is 0 Å². The fraction of sp³-hybridized carbons (Fsp3) is 0.636. The maximum absolute atomic E-state index is 12.8. The first-order chi connectivity index (χ1) is 14.2. The van der Waals surface area contributed by atoms with E-state index in [1.54, 1.807) is 12.0 Å². The summed E-state index contributed by atoms with van der Waals surface area (Å²) in [7, 11) is 1.78. The van der Waals surface area contributed by atoms with E-state index in [9.17, 15) is 9.59 Å². The summed E-state index contributed by atoms with van der Waals surface area (Å²) in [6, 6.07) is 6.23. The molecule has 3 aliphatic rings. The molecule has 2 aliphatic heterocycles. The Hall–Kier alpha value is -2.28. The van der Waals surface area contributed by atoms with Crippen LogP contribution < -0.4 is 4.74 Å². The molecule has 1 unspecified atom stereocenters. The number of rotatable bonds is 5. The number of hydrogen-bond donors (Lipinski definition) is 0. The number of nitrogens with zero attached hydrogens (tertiary/aromatic N) is 2. The first-order valence-corrected chi connectivity index (χ1v) is 10.6. The number of carbonyl (C=O) groups is 2. The van der Waals surface area contributed by atoms with Crippen LogP contribution in [-0.4, -0.2) is 61.8 Å². The summed E-state index contributed by atoms with van der Waals surface area (Å²) in [6.07, 6.45) is 5.90. The highest BCUT2D eigenvalue weighted by Gasteiger charge is 2.29. The van der Waals surface area contributed by atoms with E-state index in [0.717, 1.165) is 16.9 Å². The lowest BCUT2D eigenvalue weighted by atomic mass is 9.82. The van der Waals surface area contributed by atoms with Crippen molar-refractivity contribution in [3.05, 3.63) is 29.3 Å². The van der Waals surface area contributed by atoms with Gasteiger partial charge in [-0.05, 0) is 36.5 Å². The van der Waals surface area contributed by atoms with Crippen LogP contribution in [0, 0.1) is 5.92 Å². The van der Waals surface area contributed by atoms with Crippen LogP contribution in [0.2, 0.25) is 0 Å². The van der Waals surface area contributed by atoms with Crippen molar-refractivity contribution in [2.75, 3.05) is 40.0 Å². The topological polar surface area (TPSA) is 68.3 Å². The fourth-order valence-corrected chi connectivity index (χ4v) is 4.67. The zero-order valence-corrected chi connectivity index (χ0v) is 17.1. The normalized spacial score (nSPS) is 21.2. The van der Waals surface area contributed by atoms with Crippen molar-refractivity contribution >= 4 is 12.0 Å². The molecule has 1 saturated carbocycles. The Bertz CT molecular complexity index is 747. The summed E-state index contributed by atoms with van der Waals surface area (Å²) in [5.74, 6) is 1.28. The van der Waals surface area contributed by atoms with E-state index in [4.69, 9.17) is 14.2 Å². The molecule has 0 spiro atoms. The van der Waals surface area contributed by atoms with Crippen LogP contribution in [0.1, 0.15) is 49.3 Å². The fourth-order valence-electron chi connectivity index (χ4n) is 4.67. The maximum atomic E-state index is 12.8. The summed E-state index contributed by atoms with van der Waals surface area (Å²) in [6.45, 7) is 2.29. The predicted octanol–water partition coefficient (Wildman–Crippen LogP) is 3.13. The second kappa shape index (κ2) is 9.03. The van der Waals surface area contributed by atoms with Gasteiger partial charge in [-0.1, -0.05) is 25.3 Å². The molecular weight excluding hydrogens is 372 g/mol. The number of hydrogen-bond acceptors (Lipinski definition) is 5. The van der Waals surface area contributed by atoms with Gasteiger partial charge in [0.2, 0.25) is 5.91 Å². The summed E-state index contributed by atoms with van der Waals surface area (Å²) in [4.78, 5) is 27.7. The SMILES string of the molecule is COC(c1ccc2c(c1)CN(C(=O)CN1CCOC1=O)CCO2)C1CCCCC1. The van der Waals surface area contributed by atoms with E-state index >= 15 is 0 Å². The van der Waals surface area contributed by atoms with Crippen molar-refractivity contribution in [3.63, 3.8) is 0 Å². The minimum absolute atomic E-state index is 0.0522. The minimum Gasteiger partial charge on any atom is -0.491 e. The van der Waals surface area contributed by atoms with Crippen molar-refractivity contribution < 1.29 is 23.8 Å². The Morgan fingerprint density at radius 2 is 1.97 bits per heavy atom. The predicted molar refractivity (Wildman–Crippen MR) is 107 cm³/mol. The molecule has 1 aromatic rings. The van der Waals surface area contributed by atoms with Gasteiger partial charge in [0.1, 0.15) is 25.5 Å². The van der Waals surface area contributed by atoms with Gasteiger partial charge in [-0.25, -0.2) is 4.79 Å². The van der Waals surface area contributed by atoms with Crippen LogP contribution >= 0.6 is 0 Å². The first kappa shape index (κ1) is 20.0. The zero-order chi connectivity index (χ0) is 20.2. The molecule has 0 aromatic heterocycles. The Kier molecular flexibility index (Phi) is 6.23. The van der Waals surface area contributed by atoms with Crippen LogP contribution in [-0.2, 0) is 20.8 Å². The average Bonchev–Trinajstić information content (AvgIpc) is 3.01. The first-order valence-electron chi connectivity index (χ1n) is 10.6. The molecule has 1 aromatic carbocycles. The standard InChI is InChI=1S/C22H30N2O5/c1-27-21(16-5-3-2-4-6-16)17-7-8-19-18(13-17)14-23(9-11-28-19)20(25)15-24-10-12-29-22(24)26/h7-8,13,16,21H,2-6,9-12,14-15H2,1H3. The van der Waals surface area contributed by atoms with Gasteiger partial charge in [0.05, 0.1) is 19.2 Å². The highest BCUT2D eigenvalue weighted by Crippen LogP contribution is 2.38. The lowest BCUT2D eigenvalue weighted by Crippen LogP contribution is -2.41. The van der Waals surface area contributed by atoms with E-state index in [-0.39, 0.29) is 18.6 Å². The van der Waals surface area contributed by atoms with E-state index in [1.165, 1.54) is 37.0 Å². The molecule has 2 amide bonds. The Balaban J connectivity index is 1.49. The smallest absolute Gasteiger partial charge is 0.410 e. The van der Waals surface area contributed by atoms with E-state index in [1.807, 2.05) is 6.07 Å². The van der Waals surface area contributed by atoms with Gasteiger partial charge in [0, 0.05) is 19.2 Å². The number of amides is 2. The highest BCUT2D eigenvalue weighted by molar-refractivity contribution is 5.83. The van der Waals surface area contributed by atoms with Crippen LogP contribution in [0.15, 0.2) is 18.2 Å². The van der Waals surface area contributed by atoms with Gasteiger partial charge in [0.25, 0.3) is 0 Å². The van der Waals surface area contributed by atoms with E-state index in [2.05, 4.69) is 12.1 Å². The van der Waals surface area contributed by atoms with Crippen LogP contribution in [0.25, 0.3) is 0 Å². The van der Waals surface area contributed by atoms with Crippen LogP contribution in [0.4, 0.5) is 4.79 Å². The van der Waals surface area contributed by atoms with Crippen molar-refractivity contribution in [2.24, 2.45) is 5.92 Å². The van der Waals surface area contributed by atoms with Crippen molar-refractivity contribution in [2.45, 2.75) is 44.8 Å². The molecule has 1 aliphatic carbocycles. The molecule has 2 fully saturated rings. The van der Waals surface area contributed by atoms with Gasteiger partial charge < -0.3 is 19.1 Å². The van der Waals surface area contributed by atoms with E-state index in [0.29, 0.717) is 38.8 Å². The molecule has 0 N–H and O–H groups in total. The number of fused-ring (bicyclic) bond motifs is 1. The van der Waals surface area contributed by atoms with Gasteiger partial charge in [0.15, 0.2) is 0 Å². The molecule has 0 radical (unpaired) electrons. The quantitative estimate of drug-likeness (QED) is 0.757. The van der Waals surface area contributed by atoms with Crippen molar-refractivity contribution in [3.8, 4) is 5.75 Å². The third-order valence-corrected chi connectivity index (χ3v) is 6.25. The van der Waals surface area contributed by atoms with Gasteiger partial charge in [-0.15, -0.1) is 0 Å². The van der Waals surface area contributed by atoms with Crippen molar-refractivity contribution in [1.29, 1.82) is 0 Å². The van der Waals surface area contributed by atoms with Crippen molar-refractivity contribution in [1.82, 2.24) is 9.80 Å². The third-order valence-electron chi connectivity index (χ3n) is 6.25. The summed E-state index contributed by atoms with van der Waals surface area (Å²) in [5.41, 5.74) is 2.15. The van der Waals surface area contributed by atoms with Gasteiger partial charge >= 0.3 is 6.09 Å². The summed E-state index contributed by atoms with van der Waals surface area (Å²) >= 11 is 0. The molecule has 29 heavy (non-hydrogen) atoms. The maximum Gasteiger partial charge on any atom is 0.410 e. The Morgan fingerprint density at radius 1 is 1.17 bits per heavy atom. The number of carbonyl (C=O) groups excluding carboxylic acids is 2. The minimum atomic E-state index is -0.414. The molecular formula is C22H30N2O5. The second-order valence-electron chi connectivity index (χ2n) is 8.12. The number of cyclic esters (lactones) is 1. The van der Waals surface area contributed by atoms with Gasteiger partial charge in [-0.3, -0.25) is 9.69 Å². The molecule has 1 atom stereocenters. The lowest BCUT2D eigenvalue weighted by Gasteiger charge is -2.30. The molecule has 0 bridgehead atoms. The zero-order valence-electron chi connectivity index (χ0n) is 17.1.